The van der Waals surface area contributed by atoms with Crippen molar-refractivity contribution >= 4 is 17.5 Å². The Morgan fingerprint density at radius 1 is 1.29 bits per heavy atom. The Labute approximate surface area is 105 Å². The maximum absolute atomic E-state index is 11.8. The van der Waals surface area contributed by atoms with Gasteiger partial charge in [0.2, 0.25) is 0 Å². The highest BCUT2D eigenvalue weighted by Gasteiger charge is 2.16. The average Bonchev–Trinajstić information content (AvgIpc) is 2.37. The maximum Gasteiger partial charge on any atom is 0.169 e. The van der Waals surface area contributed by atoms with Crippen LogP contribution in [-0.4, -0.2) is 38.0 Å². The van der Waals surface area contributed by atoms with Gasteiger partial charge in [0, 0.05) is 6.42 Å². The summed E-state index contributed by atoms with van der Waals surface area (Å²) < 4.78 is 10.4. The Kier molecular flexibility index (Phi) is 5.31. The van der Waals surface area contributed by atoms with E-state index in [0.717, 1.165) is 4.90 Å². The molecule has 0 aliphatic rings. The lowest BCUT2D eigenvalue weighted by molar-refractivity contribution is 0.0953. The van der Waals surface area contributed by atoms with Gasteiger partial charge in [-0.1, -0.05) is 0 Å². The minimum absolute atomic E-state index is 0.0815. The smallest absolute Gasteiger partial charge is 0.169 e. The van der Waals surface area contributed by atoms with Crippen molar-refractivity contribution in [2.24, 2.45) is 0 Å². The quantitative estimate of drug-likeness (QED) is 0.623. The number of aliphatic hydroxyl groups excluding tert-OH is 1. The van der Waals surface area contributed by atoms with Crippen LogP contribution in [-0.2, 0) is 0 Å². The third-order valence-electron chi connectivity index (χ3n) is 2.34. The van der Waals surface area contributed by atoms with Crippen molar-refractivity contribution in [3.63, 3.8) is 0 Å². The molecule has 1 aromatic carbocycles. The minimum atomic E-state index is -0.172. The molecule has 1 rings (SSSR count). The fourth-order valence-electron chi connectivity index (χ4n) is 1.48. The van der Waals surface area contributed by atoms with E-state index in [2.05, 4.69) is 0 Å². The largest absolute Gasteiger partial charge is 0.496 e. The lowest BCUT2D eigenvalue weighted by Gasteiger charge is -2.12. The number of benzene rings is 1. The molecule has 0 fully saturated rings. The highest BCUT2D eigenvalue weighted by Crippen LogP contribution is 2.34. The van der Waals surface area contributed by atoms with Crippen molar-refractivity contribution in [2.75, 3.05) is 27.1 Å². The Bertz CT molecular complexity index is 404. The van der Waals surface area contributed by atoms with E-state index in [0.29, 0.717) is 17.1 Å². The van der Waals surface area contributed by atoms with Crippen LogP contribution in [0.25, 0.3) is 0 Å². The monoisotopic (exact) mass is 256 g/mol. The molecule has 0 saturated carbocycles. The fourth-order valence-corrected chi connectivity index (χ4v) is 2.05. The first kappa shape index (κ1) is 13.9. The number of hydrogen-bond acceptors (Lipinski definition) is 5. The number of carbonyl (C=O) groups is 1. The summed E-state index contributed by atoms with van der Waals surface area (Å²) in [5.41, 5.74) is 0.441. The zero-order valence-electron chi connectivity index (χ0n) is 10.1. The van der Waals surface area contributed by atoms with Crippen molar-refractivity contribution in [1.29, 1.82) is 0 Å². The summed E-state index contributed by atoms with van der Waals surface area (Å²) in [4.78, 5) is 12.7. The summed E-state index contributed by atoms with van der Waals surface area (Å²) in [6.45, 7) is -0.172. The fraction of sp³-hybridized carbons (Fsp3) is 0.417. The third-order valence-corrected chi connectivity index (χ3v) is 3.10. The molecule has 0 radical (unpaired) electrons. The Morgan fingerprint density at radius 3 is 2.41 bits per heavy atom. The Hall–Kier alpha value is -1.20. The van der Waals surface area contributed by atoms with Gasteiger partial charge in [-0.25, -0.2) is 0 Å². The number of hydrogen-bond donors (Lipinski definition) is 1. The molecule has 0 bridgehead atoms. The average molecular weight is 256 g/mol. The van der Waals surface area contributed by atoms with Crippen molar-refractivity contribution in [3.05, 3.63) is 17.7 Å². The summed E-state index contributed by atoms with van der Waals surface area (Å²) in [5, 5.41) is 8.79. The number of methoxy groups -OCH3 is 2. The minimum Gasteiger partial charge on any atom is -0.496 e. The van der Waals surface area contributed by atoms with Gasteiger partial charge < -0.3 is 14.6 Å². The maximum atomic E-state index is 11.8. The van der Waals surface area contributed by atoms with Crippen LogP contribution < -0.4 is 9.47 Å². The van der Waals surface area contributed by atoms with E-state index in [9.17, 15) is 4.79 Å². The van der Waals surface area contributed by atoms with Crippen molar-refractivity contribution in [1.82, 2.24) is 0 Å². The molecule has 0 unspecified atom stereocenters. The van der Waals surface area contributed by atoms with Crippen LogP contribution in [0.3, 0.4) is 0 Å². The Balaban J connectivity index is 3.23. The topological polar surface area (TPSA) is 55.8 Å². The second-order valence-corrected chi connectivity index (χ2v) is 4.15. The van der Waals surface area contributed by atoms with Gasteiger partial charge in [0.15, 0.2) is 5.78 Å². The van der Waals surface area contributed by atoms with E-state index in [4.69, 9.17) is 14.6 Å². The number of Topliss-reactive ketones (excluding diaryl/α,β-unsaturated/α-hetero) is 1. The van der Waals surface area contributed by atoms with Crippen LogP contribution in [0.5, 0.6) is 11.5 Å². The molecule has 0 aliphatic heterocycles. The number of ketones is 1. The van der Waals surface area contributed by atoms with Crippen molar-refractivity contribution in [3.8, 4) is 11.5 Å². The molecule has 5 heteroatoms. The highest BCUT2D eigenvalue weighted by molar-refractivity contribution is 7.98. The van der Waals surface area contributed by atoms with Gasteiger partial charge in [-0.05, 0) is 18.4 Å². The summed E-state index contributed by atoms with van der Waals surface area (Å²) in [6.07, 6.45) is 2.00. The lowest BCUT2D eigenvalue weighted by atomic mass is 10.1. The van der Waals surface area contributed by atoms with Gasteiger partial charge in [-0.2, -0.15) is 0 Å². The number of carbonyl (C=O) groups excluding carboxylic acids is 1. The summed E-state index contributed by atoms with van der Waals surface area (Å²) in [7, 11) is 3.07. The zero-order chi connectivity index (χ0) is 12.8. The molecule has 17 heavy (non-hydrogen) atoms. The molecule has 0 heterocycles. The molecule has 0 spiro atoms. The van der Waals surface area contributed by atoms with Crippen LogP contribution in [0.2, 0.25) is 0 Å². The summed E-state index contributed by atoms with van der Waals surface area (Å²) in [6, 6.07) is 3.43. The first-order valence-electron chi connectivity index (χ1n) is 5.12. The van der Waals surface area contributed by atoms with E-state index in [1.165, 1.54) is 18.9 Å². The predicted molar refractivity (Wildman–Crippen MR) is 67.4 cm³/mol. The molecular formula is C12H16O4S. The van der Waals surface area contributed by atoms with Crippen LogP contribution in [0.15, 0.2) is 17.0 Å². The second-order valence-electron chi connectivity index (χ2n) is 3.30. The SMILES string of the molecule is COc1cc(C(=O)CCO)c(OC)cc1SC. The van der Waals surface area contributed by atoms with Gasteiger partial charge in [0.05, 0.1) is 31.3 Å². The normalized spacial score (nSPS) is 10.1. The molecule has 1 aromatic rings. The molecule has 4 nitrogen and oxygen atoms in total. The number of ether oxygens (including phenoxy) is 2. The van der Waals surface area contributed by atoms with E-state index in [1.807, 2.05) is 6.26 Å². The molecule has 0 amide bonds. The Morgan fingerprint density at radius 2 is 1.94 bits per heavy atom. The standard InChI is InChI=1S/C12H16O4S/c1-15-10-7-12(17-3)11(16-2)6-8(10)9(14)4-5-13/h6-7,13H,4-5H2,1-3H3. The zero-order valence-corrected chi connectivity index (χ0v) is 11.0. The lowest BCUT2D eigenvalue weighted by Crippen LogP contribution is -2.05. The number of aliphatic hydroxyl groups is 1. The van der Waals surface area contributed by atoms with Crippen molar-refractivity contribution in [2.45, 2.75) is 11.3 Å². The van der Waals surface area contributed by atoms with Gasteiger partial charge >= 0.3 is 0 Å². The third kappa shape index (κ3) is 3.14. The molecular weight excluding hydrogens is 240 g/mol. The van der Waals surface area contributed by atoms with Crippen molar-refractivity contribution < 1.29 is 19.4 Å². The molecule has 0 saturated heterocycles. The highest BCUT2D eigenvalue weighted by atomic mass is 32.2. The first-order chi connectivity index (χ1) is 8.17. The molecule has 0 atom stereocenters. The van der Waals surface area contributed by atoms with E-state index < -0.39 is 0 Å². The predicted octanol–water partition coefficient (Wildman–Crippen LogP) is 1.99. The van der Waals surface area contributed by atoms with E-state index in [1.54, 1.807) is 19.2 Å². The van der Waals surface area contributed by atoms with E-state index >= 15 is 0 Å². The summed E-state index contributed by atoms with van der Waals surface area (Å²) >= 11 is 1.52. The summed E-state index contributed by atoms with van der Waals surface area (Å²) in [5.74, 6) is 0.989. The van der Waals surface area contributed by atoms with E-state index in [-0.39, 0.29) is 18.8 Å². The molecule has 1 N–H and O–H groups in total. The van der Waals surface area contributed by atoms with Crippen LogP contribution >= 0.6 is 11.8 Å². The molecule has 0 aliphatic carbocycles. The van der Waals surface area contributed by atoms with Crippen LogP contribution in [0, 0.1) is 0 Å². The van der Waals surface area contributed by atoms with Gasteiger partial charge in [0.25, 0.3) is 0 Å². The van der Waals surface area contributed by atoms with Gasteiger partial charge in [-0.3, -0.25) is 4.79 Å². The molecule has 0 aromatic heterocycles. The van der Waals surface area contributed by atoms with Crippen LogP contribution in [0.4, 0.5) is 0 Å². The second kappa shape index (κ2) is 6.51. The number of rotatable bonds is 6. The molecule has 94 valence electrons. The number of thioether (sulfide) groups is 1. The first-order valence-corrected chi connectivity index (χ1v) is 6.34. The van der Waals surface area contributed by atoms with Gasteiger partial charge in [-0.15, -0.1) is 11.8 Å². The van der Waals surface area contributed by atoms with Crippen LogP contribution in [0.1, 0.15) is 16.8 Å². The van der Waals surface area contributed by atoms with Gasteiger partial charge in [0.1, 0.15) is 11.5 Å².